The molecule has 4 heteroatoms. The summed E-state index contributed by atoms with van der Waals surface area (Å²) in [5, 5.41) is 2.95. The summed E-state index contributed by atoms with van der Waals surface area (Å²) in [6, 6.07) is 25.1. The van der Waals surface area contributed by atoms with Crippen molar-refractivity contribution in [3.63, 3.8) is 0 Å². The van der Waals surface area contributed by atoms with Gasteiger partial charge in [-0.25, -0.2) is 0 Å². The average molecular weight is 387 g/mol. The zero-order valence-electron chi connectivity index (χ0n) is 16.7. The number of amides is 1. The molecule has 0 aliphatic heterocycles. The van der Waals surface area contributed by atoms with Gasteiger partial charge in [-0.05, 0) is 54.0 Å². The first kappa shape index (κ1) is 20.2. The molecule has 0 aliphatic carbocycles. The van der Waals surface area contributed by atoms with E-state index >= 15 is 0 Å². The van der Waals surface area contributed by atoms with Crippen LogP contribution in [0.2, 0.25) is 0 Å². The summed E-state index contributed by atoms with van der Waals surface area (Å²) >= 11 is 0. The van der Waals surface area contributed by atoms with Crippen LogP contribution in [0.25, 0.3) is 11.6 Å². The second kappa shape index (κ2) is 10.1. The van der Waals surface area contributed by atoms with Gasteiger partial charge in [0.15, 0.2) is 0 Å². The molecule has 0 radical (unpaired) electrons. The van der Waals surface area contributed by atoms with E-state index in [0.717, 1.165) is 28.2 Å². The Morgan fingerprint density at radius 1 is 0.931 bits per heavy atom. The van der Waals surface area contributed by atoms with Crippen molar-refractivity contribution in [3.8, 4) is 11.5 Å². The molecule has 0 saturated heterocycles. The van der Waals surface area contributed by atoms with Gasteiger partial charge in [-0.15, -0.1) is 0 Å². The van der Waals surface area contributed by atoms with E-state index < -0.39 is 0 Å². The molecular formula is C25H25NO3. The van der Waals surface area contributed by atoms with Gasteiger partial charge in [0.1, 0.15) is 18.1 Å². The molecule has 0 saturated carbocycles. The topological polar surface area (TPSA) is 47.6 Å². The Hall–Kier alpha value is -3.53. The molecule has 3 aromatic carbocycles. The minimum Gasteiger partial charge on any atom is -0.497 e. The normalized spacial score (nSPS) is 11.0. The van der Waals surface area contributed by atoms with Crippen molar-refractivity contribution < 1.29 is 14.3 Å². The van der Waals surface area contributed by atoms with E-state index in [0.29, 0.717) is 18.7 Å². The molecule has 0 unspecified atom stereocenters. The number of methoxy groups -OCH3 is 1. The van der Waals surface area contributed by atoms with E-state index in [-0.39, 0.29) is 5.91 Å². The number of rotatable bonds is 8. The molecule has 1 amide bonds. The Balaban J connectivity index is 1.68. The highest BCUT2D eigenvalue weighted by molar-refractivity contribution is 6.24. The Morgan fingerprint density at radius 2 is 1.69 bits per heavy atom. The van der Waals surface area contributed by atoms with Gasteiger partial charge in [0.05, 0.1) is 13.7 Å². The molecule has 4 nitrogen and oxygen atoms in total. The number of hydrogen-bond acceptors (Lipinski definition) is 3. The maximum absolute atomic E-state index is 12.9. The van der Waals surface area contributed by atoms with Gasteiger partial charge >= 0.3 is 0 Å². The zero-order valence-corrected chi connectivity index (χ0v) is 16.7. The van der Waals surface area contributed by atoms with Gasteiger partial charge in [-0.2, -0.15) is 0 Å². The van der Waals surface area contributed by atoms with Crippen LogP contribution in [-0.2, 0) is 4.79 Å². The number of aryl methyl sites for hydroxylation is 1. The summed E-state index contributed by atoms with van der Waals surface area (Å²) in [5.74, 6) is 1.44. The van der Waals surface area contributed by atoms with E-state index in [1.54, 1.807) is 7.11 Å². The number of nitrogens with one attached hydrogen (secondary N) is 1. The summed E-state index contributed by atoms with van der Waals surface area (Å²) in [6.45, 7) is 2.84. The Morgan fingerprint density at radius 3 is 2.38 bits per heavy atom. The van der Waals surface area contributed by atoms with E-state index in [2.05, 4.69) is 5.32 Å². The van der Waals surface area contributed by atoms with Crippen molar-refractivity contribution in [2.45, 2.75) is 6.92 Å². The maximum atomic E-state index is 12.9. The van der Waals surface area contributed by atoms with Crippen LogP contribution >= 0.6 is 0 Å². The minimum absolute atomic E-state index is 0.139. The lowest BCUT2D eigenvalue weighted by molar-refractivity contribution is -0.115. The quantitative estimate of drug-likeness (QED) is 0.345. The van der Waals surface area contributed by atoms with Crippen LogP contribution in [-0.4, -0.2) is 26.2 Å². The smallest absolute Gasteiger partial charge is 0.252 e. The summed E-state index contributed by atoms with van der Waals surface area (Å²) in [7, 11) is 1.63. The molecule has 3 rings (SSSR count). The maximum Gasteiger partial charge on any atom is 0.252 e. The highest BCUT2D eigenvalue weighted by Crippen LogP contribution is 2.20. The Kier molecular flexibility index (Phi) is 7.06. The van der Waals surface area contributed by atoms with Crippen molar-refractivity contribution in [1.29, 1.82) is 0 Å². The zero-order chi connectivity index (χ0) is 20.5. The molecular weight excluding hydrogens is 362 g/mol. The van der Waals surface area contributed by atoms with Crippen LogP contribution < -0.4 is 14.8 Å². The molecule has 0 fully saturated rings. The number of hydrogen-bond donors (Lipinski definition) is 1. The van der Waals surface area contributed by atoms with Crippen LogP contribution in [0.4, 0.5) is 0 Å². The second-order valence-electron chi connectivity index (χ2n) is 6.62. The first-order valence-electron chi connectivity index (χ1n) is 9.54. The van der Waals surface area contributed by atoms with Crippen molar-refractivity contribution >= 4 is 17.6 Å². The third kappa shape index (κ3) is 5.98. The summed E-state index contributed by atoms with van der Waals surface area (Å²) < 4.78 is 10.9. The lowest BCUT2D eigenvalue weighted by Gasteiger charge is -2.11. The first-order chi connectivity index (χ1) is 14.2. The molecule has 0 bridgehead atoms. The van der Waals surface area contributed by atoms with Crippen LogP contribution in [0.15, 0.2) is 78.9 Å². The minimum atomic E-state index is -0.139. The molecule has 0 aromatic heterocycles. The highest BCUT2D eigenvalue weighted by Gasteiger charge is 2.12. The van der Waals surface area contributed by atoms with Gasteiger partial charge in [-0.1, -0.05) is 54.6 Å². The summed E-state index contributed by atoms with van der Waals surface area (Å²) in [6.07, 6.45) is 1.88. The van der Waals surface area contributed by atoms with Gasteiger partial charge in [0.25, 0.3) is 5.91 Å². The summed E-state index contributed by atoms with van der Waals surface area (Å²) in [4.78, 5) is 12.9. The van der Waals surface area contributed by atoms with Gasteiger partial charge < -0.3 is 14.8 Å². The molecule has 148 valence electrons. The van der Waals surface area contributed by atoms with E-state index in [4.69, 9.17) is 9.47 Å². The fraction of sp³-hybridized carbons (Fsp3) is 0.160. The lowest BCUT2D eigenvalue weighted by Crippen LogP contribution is -2.28. The number of benzene rings is 3. The predicted octanol–water partition coefficient (Wildman–Crippen LogP) is 4.74. The van der Waals surface area contributed by atoms with E-state index in [1.165, 1.54) is 0 Å². The standard InChI is InChI=1S/C25H25NO3/c1-19-7-6-10-23(17-19)29-16-15-26-25(27)24(21-8-4-3-5-9-21)18-20-11-13-22(28-2)14-12-20/h3-14,17-18H,15-16H2,1-2H3,(H,26,27)/b24-18+. The number of carbonyl (C=O) groups excluding carboxylic acids is 1. The van der Waals surface area contributed by atoms with Gasteiger partial charge in [-0.3, -0.25) is 4.79 Å². The van der Waals surface area contributed by atoms with Crippen molar-refractivity contribution in [2.24, 2.45) is 0 Å². The van der Waals surface area contributed by atoms with Crippen molar-refractivity contribution in [1.82, 2.24) is 5.32 Å². The second-order valence-corrected chi connectivity index (χ2v) is 6.62. The van der Waals surface area contributed by atoms with Gasteiger partial charge in [0, 0.05) is 5.57 Å². The largest absolute Gasteiger partial charge is 0.497 e. The third-order valence-corrected chi connectivity index (χ3v) is 4.40. The van der Waals surface area contributed by atoms with Crippen molar-refractivity contribution in [2.75, 3.05) is 20.3 Å². The molecule has 1 N–H and O–H groups in total. The van der Waals surface area contributed by atoms with Crippen LogP contribution in [0.1, 0.15) is 16.7 Å². The van der Waals surface area contributed by atoms with Crippen molar-refractivity contribution in [3.05, 3.63) is 95.6 Å². The van der Waals surface area contributed by atoms with Crippen LogP contribution in [0.5, 0.6) is 11.5 Å². The van der Waals surface area contributed by atoms with Crippen LogP contribution in [0.3, 0.4) is 0 Å². The lowest BCUT2D eigenvalue weighted by atomic mass is 10.0. The van der Waals surface area contributed by atoms with E-state index in [1.807, 2.05) is 91.9 Å². The predicted molar refractivity (Wildman–Crippen MR) is 117 cm³/mol. The van der Waals surface area contributed by atoms with E-state index in [9.17, 15) is 4.79 Å². The monoisotopic (exact) mass is 387 g/mol. The third-order valence-electron chi connectivity index (χ3n) is 4.40. The summed E-state index contributed by atoms with van der Waals surface area (Å²) in [5.41, 5.74) is 3.53. The molecule has 29 heavy (non-hydrogen) atoms. The number of ether oxygens (including phenoxy) is 2. The molecule has 3 aromatic rings. The Bertz CT molecular complexity index is 963. The van der Waals surface area contributed by atoms with Gasteiger partial charge in [0.2, 0.25) is 0 Å². The fourth-order valence-electron chi connectivity index (χ4n) is 2.90. The molecule has 0 atom stereocenters. The average Bonchev–Trinajstić information content (AvgIpc) is 2.76. The SMILES string of the molecule is COc1ccc(/C=C(/C(=O)NCCOc2cccc(C)c2)c2ccccc2)cc1. The Labute approximate surface area is 171 Å². The fourth-order valence-corrected chi connectivity index (χ4v) is 2.90. The van der Waals surface area contributed by atoms with Crippen LogP contribution in [0, 0.1) is 6.92 Å². The molecule has 0 aliphatic rings. The number of carbonyl (C=O) groups is 1. The first-order valence-corrected chi connectivity index (χ1v) is 9.54. The molecule has 0 spiro atoms. The highest BCUT2D eigenvalue weighted by atomic mass is 16.5. The molecule has 0 heterocycles.